The molecule has 17 heavy (non-hydrogen) atoms. The predicted octanol–water partition coefficient (Wildman–Crippen LogP) is 0.860. The Kier molecular flexibility index (Phi) is 3.81. The molecule has 1 aliphatic rings. The van der Waals surface area contributed by atoms with Crippen molar-refractivity contribution in [2.45, 2.75) is 19.5 Å². The van der Waals surface area contributed by atoms with Gasteiger partial charge in [0.05, 0.1) is 13.4 Å². The molecular weight excluding hydrogens is 220 g/mol. The molecule has 0 unspecified atom stereocenters. The summed E-state index contributed by atoms with van der Waals surface area (Å²) in [5.41, 5.74) is 0.894. The van der Waals surface area contributed by atoms with Crippen molar-refractivity contribution in [2.75, 3.05) is 26.7 Å². The lowest BCUT2D eigenvalue weighted by molar-refractivity contribution is 0.0560. The molecule has 0 radical (unpaired) electrons. The van der Waals surface area contributed by atoms with Crippen LogP contribution < -0.4 is 5.32 Å². The summed E-state index contributed by atoms with van der Waals surface area (Å²) in [5.74, 6) is -0.0916. The maximum atomic E-state index is 11.5. The minimum atomic E-state index is -0.409. The van der Waals surface area contributed by atoms with E-state index in [1.807, 2.05) is 6.07 Å². The van der Waals surface area contributed by atoms with Crippen LogP contribution in [0.4, 0.5) is 0 Å². The van der Waals surface area contributed by atoms with Gasteiger partial charge in [0.25, 0.3) is 0 Å². The summed E-state index contributed by atoms with van der Waals surface area (Å²) in [4.78, 5) is 13.8. The number of methoxy groups -OCH3 is 1. The molecule has 94 valence electrons. The number of hydrogen-bond donors (Lipinski definition) is 1. The average Bonchev–Trinajstić information content (AvgIpc) is 2.79. The van der Waals surface area contributed by atoms with E-state index in [4.69, 9.17) is 4.42 Å². The highest BCUT2D eigenvalue weighted by molar-refractivity contribution is 5.87. The first-order chi connectivity index (χ1) is 8.22. The summed E-state index contributed by atoms with van der Waals surface area (Å²) < 4.78 is 9.86. The normalized spacial score (nSPS) is 21.4. The van der Waals surface area contributed by atoms with Gasteiger partial charge in [-0.2, -0.15) is 0 Å². The van der Waals surface area contributed by atoms with Crippen LogP contribution in [0.1, 0.15) is 23.0 Å². The molecule has 5 heteroatoms. The maximum Gasteiger partial charge on any atom is 0.374 e. The molecule has 0 aliphatic carbocycles. The molecule has 5 nitrogen and oxygen atoms in total. The number of carbonyl (C=O) groups is 1. The Hall–Kier alpha value is -1.33. The van der Waals surface area contributed by atoms with E-state index >= 15 is 0 Å². The van der Waals surface area contributed by atoms with Crippen LogP contribution in [0.15, 0.2) is 16.7 Å². The summed E-state index contributed by atoms with van der Waals surface area (Å²) in [5, 5.41) is 3.34. The molecule has 0 aromatic carbocycles. The monoisotopic (exact) mass is 238 g/mol. The number of furan rings is 1. The molecule has 1 saturated heterocycles. The van der Waals surface area contributed by atoms with Gasteiger partial charge < -0.3 is 14.5 Å². The van der Waals surface area contributed by atoms with Gasteiger partial charge in [-0.1, -0.05) is 0 Å². The Bertz CT molecular complexity index is 389. The molecule has 1 atom stereocenters. The standard InChI is InChI=1S/C12H18N2O3/c1-9-7-13-4-5-14(9)8-10-3-6-17-11(10)12(15)16-2/h3,6,9,13H,4-5,7-8H2,1-2H3/t9-/m1/s1. The smallest absolute Gasteiger partial charge is 0.374 e. The molecule has 0 spiro atoms. The predicted molar refractivity (Wildman–Crippen MR) is 62.8 cm³/mol. The lowest BCUT2D eigenvalue weighted by Crippen LogP contribution is -2.49. The minimum Gasteiger partial charge on any atom is -0.463 e. The topological polar surface area (TPSA) is 54.7 Å². The van der Waals surface area contributed by atoms with Crippen molar-refractivity contribution in [3.63, 3.8) is 0 Å². The van der Waals surface area contributed by atoms with Crippen molar-refractivity contribution in [1.82, 2.24) is 10.2 Å². The molecule has 1 fully saturated rings. The van der Waals surface area contributed by atoms with Crippen molar-refractivity contribution in [1.29, 1.82) is 0 Å². The molecule has 1 aliphatic heterocycles. The molecule has 0 bridgehead atoms. The lowest BCUT2D eigenvalue weighted by Gasteiger charge is -2.33. The van der Waals surface area contributed by atoms with Gasteiger partial charge in [0, 0.05) is 37.8 Å². The zero-order chi connectivity index (χ0) is 12.3. The Morgan fingerprint density at radius 3 is 3.24 bits per heavy atom. The fourth-order valence-electron chi connectivity index (χ4n) is 2.07. The summed E-state index contributed by atoms with van der Waals surface area (Å²) in [6.45, 7) is 5.84. The number of esters is 1. The number of ether oxygens (including phenoxy) is 1. The van der Waals surface area contributed by atoms with Gasteiger partial charge in [0.2, 0.25) is 5.76 Å². The van der Waals surface area contributed by atoms with E-state index in [0.29, 0.717) is 11.8 Å². The highest BCUT2D eigenvalue weighted by Crippen LogP contribution is 2.16. The number of rotatable bonds is 3. The first kappa shape index (κ1) is 12.1. The average molecular weight is 238 g/mol. The second kappa shape index (κ2) is 5.33. The second-order valence-electron chi connectivity index (χ2n) is 4.29. The molecule has 1 aromatic rings. The van der Waals surface area contributed by atoms with E-state index in [2.05, 4.69) is 21.9 Å². The van der Waals surface area contributed by atoms with E-state index in [-0.39, 0.29) is 0 Å². The quantitative estimate of drug-likeness (QED) is 0.791. The van der Waals surface area contributed by atoms with Crippen molar-refractivity contribution < 1.29 is 13.9 Å². The summed E-state index contributed by atoms with van der Waals surface area (Å²) >= 11 is 0. The van der Waals surface area contributed by atoms with Crippen molar-refractivity contribution >= 4 is 5.97 Å². The number of hydrogen-bond acceptors (Lipinski definition) is 5. The SMILES string of the molecule is COC(=O)c1occc1CN1CCNC[C@H]1C. The first-order valence-corrected chi connectivity index (χ1v) is 5.82. The summed E-state index contributed by atoms with van der Waals surface area (Å²) in [7, 11) is 1.36. The van der Waals surface area contributed by atoms with E-state index in [1.165, 1.54) is 13.4 Å². The molecular formula is C12H18N2O3. The maximum absolute atomic E-state index is 11.5. The highest BCUT2D eigenvalue weighted by Gasteiger charge is 2.22. The van der Waals surface area contributed by atoms with Gasteiger partial charge in [-0.05, 0) is 13.0 Å². The molecule has 0 amide bonds. The van der Waals surface area contributed by atoms with Crippen LogP contribution in [0, 0.1) is 0 Å². The summed E-state index contributed by atoms with van der Waals surface area (Å²) in [6.07, 6.45) is 1.54. The third kappa shape index (κ3) is 2.68. The number of nitrogens with zero attached hydrogens (tertiary/aromatic N) is 1. The minimum absolute atomic E-state index is 0.318. The molecule has 0 saturated carbocycles. The van der Waals surface area contributed by atoms with Crippen LogP contribution >= 0.6 is 0 Å². The molecule has 2 heterocycles. The summed E-state index contributed by atoms with van der Waals surface area (Å²) in [6, 6.07) is 2.30. The second-order valence-corrected chi connectivity index (χ2v) is 4.29. The van der Waals surface area contributed by atoms with Crippen LogP contribution in [0.25, 0.3) is 0 Å². The number of piperazine rings is 1. The number of nitrogens with one attached hydrogen (secondary N) is 1. The Morgan fingerprint density at radius 1 is 1.71 bits per heavy atom. The Balaban J connectivity index is 2.07. The van der Waals surface area contributed by atoms with Crippen LogP contribution in [-0.4, -0.2) is 43.7 Å². The largest absolute Gasteiger partial charge is 0.463 e. The van der Waals surface area contributed by atoms with Gasteiger partial charge in [0.15, 0.2) is 0 Å². The van der Waals surface area contributed by atoms with Gasteiger partial charge >= 0.3 is 5.97 Å². The Labute approximate surface area is 101 Å². The van der Waals surface area contributed by atoms with Crippen LogP contribution in [0.3, 0.4) is 0 Å². The van der Waals surface area contributed by atoms with Crippen molar-refractivity contribution in [3.05, 3.63) is 23.7 Å². The van der Waals surface area contributed by atoms with Crippen molar-refractivity contribution in [3.8, 4) is 0 Å². The van der Waals surface area contributed by atoms with Gasteiger partial charge in [-0.25, -0.2) is 4.79 Å². The third-order valence-corrected chi connectivity index (χ3v) is 3.13. The van der Waals surface area contributed by atoms with Crippen molar-refractivity contribution in [2.24, 2.45) is 0 Å². The molecule has 1 N–H and O–H groups in total. The van der Waals surface area contributed by atoms with Crippen LogP contribution in [0.2, 0.25) is 0 Å². The van der Waals surface area contributed by atoms with Gasteiger partial charge in [0.1, 0.15) is 0 Å². The fourth-order valence-corrected chi connectivity index (χ4v) is 2.07. The third-order valence-electron chi connectivity index (χ3n) is 3.13. The molecule has 1 aromatic heterocycles. The van der Waals surface area contributed by atoms with Crippen LogP contribution in [-0.2, 0) is 11.3 Å². The van der Waals surface area contributed by atoms with E-state index < -0.39 is 5.97 Å². The highest BCUT2D eigenvalue weighted by atomic mass is 16.5. The zero-order valence-corrected chi connectivity index (χ0v) is 10.2. The lowest BCUT2D eigenvalue weighted by atomic mass is 10.1. The molecule has 2 rings (SSSR count). The first-order valence-electron chi connectivity index (χ1n) is 5.82. The Morgan fingerprint density at radius 2 is 2.53 bits per heavy atom. The van der Waals surface area contributed by atoms with Gasteiger partial charge in [-0.15, -0.1) is 0 Å². The van der Waals surface area contributed by atoms with E-state index in [1.54, 1.807) is 0 Å². The van der Waals surface area contributed by atoms with Gasteiger partial charge in [-0.3, -0.25) is 4.90 Å². The zero-order valence-electron chi connectivity index (χ0n) is 10.2. The van der Waals surface area contributed by atoms with E-state index in [0.717, 1.165) is 31.7 Å². The fraction of sp³-hybridized carbons (Fsp3) is 0.583. The van der Waals surface area contributed by atoms with Crippen LogP contribution in [0.5, 0.6) is 0 Å². The number of carbonyl (C=O) groups excluding carboxylic acids is 1. The van der Waals surface area contributed by atoms with E-state index in [9.17, 15) is 4.79 Å².